The molecule has 108 valence electrons. The van der Waals surface area contributed by atoms with Crippen LogP contribution in [0.2, 0.25) is 0 Å². The highest BCUT2D eigenvalue weighted by atomic mass is 16.2. The fraction of sp³-hybridized carbons (Fsp3) is 0.714. The van der Waals surface area contributed by atoms with Crippen LogP contribution < -0.4 is 10.6 Å². The number of nitrogens with one attached hydrogen (secondary N) is 2. The van der Waals surface area contributed by atoms with Crippen molar-refractivity contribution in [2.75, 3.05) is 6.54 Å². The third-order valence-electron chi connectivity index (χ3n) is 2.99. The number of aromatic nitrogens is 2. The molecule has 0 spiro atoms. The van der Waals surface area contributed by atoms with E-state index in [1.54, 1.807) is 12.5 Å². The number of hydrogen-bond acceptors (Lipinski definition) is 3. The van der Waals surface area contributed by atoms with E-state index in [4.69, 9.17) is 0 Å². The number of imidazole rings is 1. The van der Waals surface area contributed by atoms with E-state index in [1.165, 1.54) is 0 Å². The van der Waals surface area contributed by atoms with Crippen LogP contribution in [0.3, 0.4) is 0 Å². The predicted molar refractivity (Wildman–Crippen MR) is 76.8 cm³/mol. The molecule has 1 amide bonds. The summed E-state index contributed by atoms with van der Waals surface area (Å²) in [5.74, 6) is 0.682. The molecule has 1 aromatic heterocycles. The molecule has 2 unspecified atom stereocenters. The van der Waals surface area contributed by atoms with E-state index in [-0.39, 0.29) is 18.0 Å². The van der Waals surface area contributed by atoms with Crippen molar-refractivity contribution in [2.45, 2.75) is 52.7 Å². The summed E-state index contributed by atoms with van der Waals surface area (Å²) in [5, 5.41) is 6.25. The largest absolute Gasteiger partial charge is 0.355 e. The third-order valence-corrected chi connectivity index (χ3v) is 2.99. The molecule has 19 heavy (non-hydrogen) atoms. The highest BCUT2D eigenvalue weighted by Crippen LogP contribution is 1.97. The molecule has 0 aromatic carbocycles. The molecular weight excluding hydrogens is 240 g/mol. The molecule has 5 heteroatoms. The first-order valence-electron chi connectivity index (χ1n) is 6.98. The summed E-state index contributed by atoms with van der Waals surface area (Å²) in [6, 6.07) is 0.0470. The van der Waals surface area contributed by atoms with Crippen LogP contribution in [0.1, 0.15) is 34.1 Å². The second kappa shape index (κ2) is 7.94. The first-order chi connectivity index (χ1) is 8.99. The molecule has 0 aliphatic heterocycles. The second-order valence-corrected chi connectivity index (χ2v) is 5.52. The molecule has 0 fully saturated rings. The number of carbonyl (C=O) groups is 1. The molecule has 1 aromatic rings. The molecular formula is C14H26N4O. The predicted octanol–water partition coefficient (Wildman–Crippen LogP) is 1.41. The average Bonchev–Trinajstić information content (AvgIpc) is 2.80. The maximum atomic E-state index is 11.9. The Kier molecular flexibility index (Phi) is 6.56. The summed E-state index contributed by atoms with van der Waals surface area (Å²) >= 11 is 0. The van der Waals surface area contributed by atoms with Crippen molar-refractivity contribution < 1.29 is 4.79 Å². The fourth-order valence-electron chi connectivity index (χ4n) is 1.90. The van der Waals surface area contributed by atoms with Crippen LogP contribution in [0, 0.1) is 5.92 Å². The van der Waals surface area contributed by atoms with Crippen molar-refractivity contribution in [3.8, 4) is 0 Å². The highest BCUT2D eigenvalue weighted by molar-refractivity contribution is 5.81. The van der Waals surface area contributed by atoms with Crippen molar-refractivity contribution in [1.29, 1.82) is 0 Å². The normalized spacial score (nSPS) is 14.4. The van der Waals surface area contributed by atoms with Gasteiger partial charge >= 0.3 is 0 Å². The standard InChI is InChI=1S/C14H26N4O/c1-11(2)5-6-16-14(19)13(4)17-12(3)9-18-8-7-15-10-18/h7-8,10-13,17H,5-6,9H2,1-4H3,(H,16,19). The molecule has 0 saturated heterocycles. The lowest BCUT2D eigenvalue weighted by Gasteiger charge is -2.20. The van der Waals surface area contributed by atoms with Gasteiger partial charge in [-0.25, -0.2) is 4.98 Å². The van der Waals surface area contributed by atoms with Gasteiger partial charge in [0.05, 0.1) is 12.4 Å². The molecule has 5 nitrogen and oxygen atoms in total. The summed E-state index contributed by atoms with van der Waals surface area (Å²) in [7, 11) is 0. The maximum Gasteiger partial charge on any atom is 0.236 e. The Morgan fingerprint density at radius 3 is 2.63 bits per heavy atom. The number of nitrogens with zero attached hydrogens (tertiary/aromatic N) is 2. The number of amides is 1. The SMILES string of the molecule is CC(C)CCNC(=O)C(C)NC(C)Cn1ccnc1. The Hall–Kier alpha value is -1.36. The zero-order valence-corrected chi connectivity index (χ0v) is 12.4. The summed E-state index contributed by atoms with van der Waals surface area (Å²) in [6.07, 6.45) is 6.48. The summed E-state index contributed by atoms with van der Waals surface area (Å²) in [5.41, 5.74) is 0. The van der Waals surface area contributed by atoms with Crippen LogP contribution in [0.4, 0.5) is 0 Å². The number of carbonyl (C=O) groups excluding carboxylic acids is 1. The molecule has 1 heterocycles. The van der Waals surface area contributed by atoms with Gasteiger partial charge in [0.1, 0.15) is 0 Å². The second-order valence-electron chi connectivity index (χ2n) is 5.52. The Morgan fingerprint density at radius 2 is 2.05 bits per heavy atom. The molecule has 0 bridgehead atoms. The topological polar surface area (TPSA) is 59.0 Å². The maximum absolute atomic E-state index is 11.9. The van der Waals surface area contributed by atoms with E-state index in [0.29, 0.717) is 5.92 Å². The number of rotatable bonds is 8. The van der Waals surface area contributed by atoms with Gasteiger partial charge in [-0.05, 0) is 26.2 Å². The van der Waals surface area contributed by atoms with E-state index < -0.39 is 0 Å². The van der Waals surface area contributed by atoms with E-state index >= 15 is 0 Å². The van der Waals surface area contributed by atoms with Gasteiger partial charge in [0.25, 0.3) is 0 Å². The molecule has 2 atom stereocenters. The minimum Gasteiger partial charge on any atom is -0.355 e. The lowest BCUT2D eigenvalue weighted by molar-refractivity contribution is -0.122. The van der Waals surface area contributed by atoms with Crippen molar-refractivity contribution in [3.63, 3.8) is 0 Å². The van der Waals surface area contributed by atoms with Crippen LogP contribution in [0.15, 0.2) is 18.7 Å². The van der Waals surface area contributed by atoms with Gasteiger partial charge in [0.2, 0.25) is 5.91 Å². The first-order valence-corrected chi connectivity index (χ1v) is 6.98. The highest BCUT2D eigenvalue weighted by Gasteiger charge is 2.14. The van der Waals surface area contributed by atoms with Gasteiger partial charge in [-0.2, -0.15) is 0 Å². The Balaban J connectivity index is 2.25. The summed E-state index contributed by atoms with van der Waals surface area (Å²) in [6.45, 7) is 9.83. The van der Waals surface area contributed by atoms with Crippen molar-refractivity contribution in [3.05, 3.63) is 18.7 Å². The van der Waals surface area contributed by atoms with Gasteiger partial charge in [0.15, 0.2) is 0 Å². The van der Waals surface area contributed by atoms with Crippen LogP contribution in [0.25, 0.3) is 0 Å². The third kappa shape index (κ3) is 6.38. The summed E-state index contributed by atoms with van der Waals surface area (Å²) < 4.78 is 2.00. The van der Waals surface area contributed by atoms with Crippen LogP contribution in [-0.4, -0.2) is 34.1 Å². The van der Waals surface area contributed by atoms with Gasteiger partial charge in [-0.3, -0.25) is 4.79 Å². The molecule has 2 N–H and O–H groups in total. The Labute approximate surface area is 115 Å². The lowest BCUT2D eigenvalue weighted by atomic mass is 10.1. The zero-order chi connectivity index (χ0) is 14.3. The Bertz CT molecular complexity index is 362. The minimum atomic E-state index is -0.175. The van der Waals surface area contributed by atoms with Crippen molar-refractivity contribution in [2.24, 2.45) is 5.92 Å². The van der Waals surface area contributed by atoms with Crippen LogP contribution in [-0.2, 0) is 11.3 Å². The molecule has 0 aliphatic carbocycles. The van der Waals surface area contributed by atoms with Crippen molar-refractivity contribution >= 4 is 5.91 Å². The van der Waals surface area contributed by atoms with E-state index in [0.717, 1.165) is 19.5 Å². The van der Waals surface area contributed by atoms with Crippen LogP contribution >= 0.6 is 0 Å². The first kappa shape index (κ1) is 15.7. The molecule has 0 aliphatic rings. The molecule has 0 radical (unpaired) electrons. The summed E-state index contributed by atoms with van der Waals surface area (Å²) in [4.78, 5) is 15.9. The zero-order valence-electron chi connectivity index (χ0n) is 12.4. The monoisotopic (exact) mass is 266 g/mol. The van der Waals surface area contributed by atoms with Gasteiger partial charge in [0, 0.05) is 31.5 Å². The van der Waals surface area contributed by atoms with E-state index in [1.807, 2.05) is 17.7 Å². The molecule has 0 saturated carbocycles. The van der Waals surface area contributed by atoms with Gasteiger partial charge in [-0.1, -0.05) is 13.8 Å². The minimum absolute atomic E-state index is 0.0677. The van der Waals surface area contributed by atoms with E-state index in [9.17, 15) is 4.79 Å². The average molecular weight is 266 g/mol. The smallest absolute Gasteiger partial charge is 0.236 e. The van der Waals surface area contributed by atoms with Crippen molar-refractivity contribution in [1.82, 2.24) is 20.2 Å². The van der Waals surface area contributed by atoms with Gasteiger partial charge in [-0.15, -0.1) is 0 Å². The number of hydrogen-bond donors (Lipinski definition) is 2. The van der Waals surface area contributed by atoms with Gasteiger partial charge < -0.3 is 15.2 Å². The fourth-order valence-corrected chi connectivity index (χ4v) is 1.90. The quantitative estimate of drug-likeness (QED) is 0.748. The van der Waals surface area contributed by atoms with E-state index in [2.05, 4.69) is 36.4 Å². The Morgan fingerprint density at radius 1 is 1.32 bits per heavy atom. The lowest BCUT2D eigenvalue weighted by Crippen LogP contribution is -2.47. The molecule has 1 rings (SSSR count). The van der Waals surface area contributed by atoms with Crippen LogP contribution in [0.5, 0.6) is 0 Å².